The van der Waals surface area contributed by atoms with E-state index in [2.05, 4.69) is 5.32 Å². The van der Waals surface area contributed by atoms with Gasteiger partial charge in [-0.05, 0) is 43.2 Å². The molecule has 100 valence electrons. The van der Waals surface area contributed by atoms with E-state index in [4.69, 9.17) is 4.74 Å². The van der Waals surface area contributed by atoms with Crippen LogP contribution < -0.4 is 10.1 Å². The van der Waals surface area contributed by atoms with E-state index in [1.54, 1.807) is 26.2 Å². The first kappa shape index (κ1) is 13.4. The third kappa shape index (κ3) is 3.05. The Kier molecular flexibility index (Phi) is 4.05. The molecule has 1 N–H and O–H groups in total. The normalized spacial score (nSPS) is 12.0. The van der Waals surface area contributed by atoms with Gasteiger partial charge in [0.25, 0.3) is 0 Å². The van der Waals surface area contributed by atoms with Crippen molar-refractivity contribution in [2.75, 3.05) is 12.4 Å². The number of nitrogens with one attached hydrogen (secondary N) is 1. The molecule has 0 spiro atoms. The van der Waals surface area contributed by atoms with Gasteiger partial charge in [-0.3, -0.25) is 0 Å². The van der Waals surface area contributed by atoms with Crippen LogP contribution in [0.25, 0.3) is 0 Å². The Bertz CT molecular complexity index is 568. The molecule has 0 amide bonds. The van der Waals surface area contributed by atoms with Crippen molar-refractivity contribution in [1.82, 2.24) is 0 Å². The molecule has 3 heteroatoms. The van der Waals surface area contributed by atoms with Crippen LogP contribution in [0.15, 0.2) is 42.5 Å². The third-order valence-electron chi connectivity index (χ3n) is 3.17. The van der Waals surface area contributed by atoms with Gasteiger partial charge in [0.15, 0.2) is 0 Å². The van der Waals surface area contributed by atoms with Crippen molar-refractivity contribution in [2.24, 2.45) is 0 Å². The van der Waals surface area contributed by atoms with Crippen molar-refractivity contribution in [2.45, 2.75) is 19.9 Å². The largest absolute Gasteiger partial charge is 0.495 e. The Labute approximate surface area is 113 Å². The van der Waals surface area contributed by atoms with Gasteiger partial charge in [0.1, 0.15) is 11.6 Å². The molecule has 2 nitrogen and oxygen atoms in total. The zero-order valence-electron chi connectivity index (χ0n) is 11.4. The maximum Gasteiger partial charge on any atom is 0.141 e. The SMILES string of the molecule is COc1ccccc1NC(C)c1ccc(C)c(F)c1. The highest BCUT2D eigenvalue weighted by Crippen LogP contribution is 2.28. The highest BCUT2D eigenvalue weighted by atomic mass is 19.1. The number of hydrogen-bond donors (Lipinski definition) is 1. The van der Waals surface area contributed by atoms with Gasteiger partial charge in [-0.1, -0.05) is 24.3 Å². The Morgan fingerprint density at radius 2 is 1.89 bits per heavy atom. The van der Waals surface area contributed by atoms with Crippen LogP contribution in [0.2, 0.25) is 0 Å². The lowest BCUT2D eigenvalue weighted by molar-refractivity contribution is 0.416. The Hall–Kier alpha value is -2.03. The molecular weight excluding hydrogens is 241 g/mol. The molecule has 0 aliphatic rings. The minimum Gasteiger partial charge on any atom is -0.495 e. The summed E-state index contributed by atoms with van der Waals surface area (Å²) < 4.78 is 18.9. The Morgan fingerprint density at radius 1 is 1.16 bits per heavy atom. The highest BCUT2D eigenvalue weighted by Gasteiger charge is 2.10. The fourth-order valence-electron chi connectivity index (χ4n) is 1.96. The first-order valence-corrected chi connectivity index (χ1v) is 6.27. The van der Waals surface area contributed by atoms with Gasteiger partial charge in [0, 0.05) is 6.04 Å². The van der Waals surface area contributed by atoms with E-state index < -0.39 is 0 Å². The van der Waals surface area contributed by atoms with E-state index in [-0.39, 0.29) is 11.9 Å². The predicted molar refractivity (Wildman–Crippen MR) is 76.2 cm³/mol. The van der Waals surface area contributed by atoms with Gasteiger partial charge >= 0.3 is 0 Å². The number of anilines is 1. The van der Waals surface area contributed by atoms with Gasteiger partial charge < -0.3 is 10.1 Å². The van der Waals surface area contributed by atoms with E-state index in [9.17, 15) is 4.39 Å². The lowest BCUT2D eigenvalue weighted by Gasteiger charge is -2.18. The molecule has 0 aliphatic heterocycles. The summed E-state index contributed by atoms with van der Waals surface area (Å²) in [5.74, 6) is 0.605. The average molecular weight is 259 g/mol. The lowest BCUT2D eigenvalue weighted by Crippen LogP contribution is -2.08. The molecule has 0 aliphatic carbocycles. The van der Waals surface area contributed by atoms with Gasteiger partial charge in [-0.2, -0.15) is 0 Å². The molecule has 2 rings (SSSR count). The van der Waals surface area contributed by atoms with Crippen LogP contribution in [0, 0.1) is 12.7 Å². The molecule has 1 atom stereocenters. The number of halogens is 1. The molecule has 0 saturated heterocycles. The molecule has 0 radical (unpaired) electrons. The van der Waals surface area contributed by atoms with Gasteiger partial charge in [0.05, 0.1) is 12.8 Å². The quantitative estimate of drug-likeness (QED) is 0.883. The van der Waals surface area contributed by atoms with Crippen LogP contribution in [0.3, 0.4) is 0 Å². The molecular formula is C16H18FNO. The Morgan fingerprint density at radius 3 is 2.58 bits per heavy atom. The van der Waals surface area contributed by atoms with Crippen molar-refractivity contribution < 1.29 is 9.13 Å². The van der Waals surface area contributed by atoms with Crippen LogP contribution in [0.5, 0.6) is 5.75 Å². The van der Waals surface area contributed by atoms with E-state index in [0.717, 1.165) is 17.0 Å². The molecule has 0 saturated carbocycles. The first-order valence-electron chi connectivity index (χ1n) is 6.27. The number of aryl methyl sites for hydroxylation is 1. The minimum atomic E-state index is -0.175. The van der Waals surface area contributed by atoms with E-state index in [0.29, 0.717) is 5.56 Å². The van der Waals surface area contributed by atoms with Crippen LogP contribution in [-0.2, 0) is 0 Å². The number of rotatable bonds is 4. The molecule has 2 aromatic rings. The lowest BCUT2D eigenvalue weighted by atomic mass is 10.1. The molecule has 1 unspecified atom stereocenters. The second-order valence-corrected chi connectivity index (χ2v) is 4.57. The second kappa shape index (κ2) is 5.74. The Balaban J connectivity index is 2.20. The predicted octanol–water partition coefficient (Wildman–Crippen LogP) is 4.32. The van der Waals surface area contributed by atoms with Crippen LogP contribution in [-0.4, -0.2) is 7.11 Å². The molecule has 2 aromatic carbocycles. The van der Waals surface area contributed by atoms with E-state index >= 15 is 0 Å². The molecule has 0 bridgehead atoms. The second-order valence-electron chi connectivity index (χ2n) is 4.57. The highest BCUT2D eigenvalue weighted by molar-refractivity contribution is 5.57. The maximum absolute atomic E-state index is 13.6. The number of benzene rings is 2. The van der Waals surface area contributed by atoms with Gasteiger partial charge in [-0.25, -0.2) is 4.39 Å². The van der Waals surface area contributed by atoms with E-state index in [1.807, 2.05) is 37.3 Å². The topological polar surface area (TPSA) is 21.3 Å². The summed E-state index contributed by atoms with van der Waals surface area (Å²) >= 11 is 0. The fraction of sp³-hybridized carbons (Fsp3) is 0.250. The van der Waals surface area contributed by atoms with Gasteiger partial charge in [0.2, 0.25) is 0 Å². The number of hydrogen-bond acceptors (Lipinski definition) is 2. The zero-order chi connectivity index (χ0) is 13.8. The summed E-state index contributed by atoms with van der Waals surface area (Å²) in [4.78, 5) is 0. The van der Waals surface area contributed by atoms with Crippen LogP contribution >= 0.6 is 0 Å². The smallest absolute Gasteiger partial charge is 0.141 e. The van der Waals surface area contributed by atoms with Crippen molar-refractivity contribution in [3.8, 4) is 5.75 Å². The molecule has 19 heavy (non-hydrogen) atoms. The summed E-state index contributed by atoms with van der Waals surface area (Å²) in [5, 5.41) is 3.33. The number of para-hydroxylation sites is 2. The fourth-order valence-corrected chi connectivity index (χ4v) is 1.96. The minimum absolute atomic E-state index is 0.00593. The van der Waals surface area contributed by atoms with E-state index in [1.165, 1.54) is 0 Å². The summed E-state index contributed by atoms with van der Waals surface area (Å²) in [6.45, 7) is 3.76. The summed E-state index contributed by atoms with van der Waals surface area (Å²) in [6, 6.07) is 13.0. The van der Waals surface area contributed by atoms with Crippen molar-refractivity contribution in [3.05, 3.63) is 59.4 Å². The van der Waals surface area contributed by atoms with Crippen molar-refractivity contribution in [1.29, 1.82) is 0 Å². The van der Waals surface area contributed by atoms with Crippen LogP contribution in [0.1, 0.15) is 24.1 Å². The standard InChI is InChI=1S/C16H18FNO/c1-11-8-9-13(10-14(11)17)12(2)18-15-6-4-5-7-16(15)19-3/h4-10,12,18H,1-3H3. The van der Waals surface area contributed by atoms with Crippen molar-refractivity contribution in [3.63, 3.8) is 0 Å². The summed E-state index contributed by atoms with van der Waals surface area (Å²) in [5.41, 5.74) is 2.47. The van der Waals surface area contributed by atoms with Crippen LogP contribution in [0.4, 0.5) is 10.1 Å². The summed E-state index contributed by atoms with van der Waals surface area (Å²) in [7, 11) is 1.64. The third-order valence-corrected chi connectivity index (χ3v) is 3.17. The first-order chi connectivity index (χ1) is 9.11. The maximum atomic E-state index is 13.6. The average Bonchev–Trinajstić information content (AvgIpc) is 2.42. The zero-order valence-corrected chi connectivity index (χ0v) is 11.4. The van der Waals surface area contributed by atoms with Crippen molar-refractivity contribution >= 4 is 5.69 Å². The monoisotopic (exact) mass is 259 g/mol. The van der Waals surface area contributed by atoms with Gasteiger partial charge in [-0.15, -0.1) is 0 Å². The molecule has 0 aromatic heterocycles. The molecule has 0 fully saturated rings. The summed E-state index contributed by atoms with van der Waals surface area (Å²) in [6.07, 6.45) is 0. The molecule has 0 heterocycles. The number of ether oxygens (including phenoxy) is 1. The number of methoxy groups -OCH3 is 1.